The number of ketones is 1. The number of fused-ring (bicyclic) bond motifs is 1. The van der Waals surface area contributed by atoms with E-state index in [2.05, 4.69) is 10.3 Å². The van der Waals surface area contributed by atoms with Crippen LogP contribution in [0.4, 0.5) is 5.69 Å². The molecule has 0 saturated heterocycles. The smallest absolute Gasteiger partial charge is 0.167 e. The molecule has 3 heteroatoms. The minimum atomic E-state index is -0.559. The van der Waals surface area contributed by atoms with Crippen molar-refractivity contribution in [2.75, 3.05) is 5.32 Å². The Labute approximate surface area is 142 Å². The zero-order valence-electron chi connectivity index (χ0n) is 13.9. The highest BCUT2D eigenvalue weighted by Gasteiger charge is 2.27. The molecule has 3 nitrogen and oxygen atoms in total. The molecule has 1 aromatic heterocycles. The highest BCUT2D eigenvalue weighted by Crippen LogP contribution is 2.25. The van der Waals surface area contributed by atoms with Crippen LogP contribution in [0.15, 0.2) is 79.1 Å². The number of rotatable bonds is 5. The molecule has 0 aliphatic heterocycles. The van der Waals surface area contributed by atoms with E-state index in [0.29, 0.717) is 0 Å². The first kappa shape index (κ1) is 15.9. The summed E-state index contributed by atoms with van der Waals surface area (Å²) in [6.07, 6.45) is 5.05. The van der Waals surface area contributed by atoms with Crippen molar-refractivity contribution in [1.29, 1.82) is 0 Å². The summed E-state index contributed by atoms with van der Waals surface area (Å²) >= 11 is 0. The minimum Gasteiger partial charge on any atom is -0.360 e. The van der Waals surface area contributed by atoms with Gasteiger partial charge < -0.3 is 5.32 Å². The van der Waals surface area contributed by atoms with Crippen molar-refractivity contribution < 1.29 is 4.79 Å². The number of carbonyl (C=O) groups excluding carboxylic acids is 1. The normalized spacial score (nSPS) is 11.8. The van der Waals surface area contributed by atoms with E-state index in [1.54, 1.807) is 18.5 Å². The maximum absolute atomic E-state index is 12.6. The third-order valence-corrected chi connectivity index (χ3v) is 4.22. The molecular formula is C21H20N2O. The molecular weight excluding hydrogens is 296 g/mol. The molecule has 0 fully saturated rings. The van der Waals surface area contributed by atoms with Crippen molar-refractivity contribution in [2.45, 2.75) is 19.3 Å². The van der Waals surface area contributed by atoms with Gasteiger partial charge in [-0.1, -0.05) is 48.5 Å². The first-order valence-corrected chi connectivity index (χ1v) is 7.96. The summed E-state index contributed by atoms with van der Waals surface area (Å²) < 4.78 is 0. The lowest BCUT2D eigenvalue weighted by atomic mass is 9.80. The number of nitrogens with one attached hydrogen (secondary N) is 1. The average molecular weight is 316 g/mol. The summed E-state index contributed by atoms with van der Waals surface area (Å²) in [5.74, 6) is 0.0504. The maximum Gasteiger partial charge on any atom is 0.167 e. The van der Waals surface area contributed by atoms with Gasteiger partial charge in [-0.05, 0) is 37.6 Å². The average Bonchev–Trinajstić information content (AvgIpc) is 2.62. The van der Waals surface area contributed by atoms with Crippen LogP contribution < -0.4 is 5.32 Å². The summed E-state index contributed by atoms with van der Waals surface area (Å²) in [4.78, 5) is 17.0. The second-order valence-corrected chi connectivity index (χ2v) is 6.21. The van der Waals surface area contributed by atoms with Crippen molar-refractivity contribution in [3.05, 3.63) is 84.7 Å². The molecule has 0 saturated carbocycles. The number of para-hydroxylation sites is 1. The molecule has 120 valence electrons. The molecule has 0 aliphatic rings. The highest BCUT2D eigenvalue weighted by atomic mass is 16.1. The summed E-state index contributed by atoms with van der Waals surface area (Å²) in [7, 11) is 0. The van der Waals surface area contributed by atoms with Gasteiger partial charge in [-0.15, -0.1) is 0 Å². The molecule has 1 N–H and O–H groups in total. The Balaban J connectivity index is 1.77. The van der Waals surface area contributed by atoms with Gasteiger partial charge in [0.05, 0.1) is 16.6 Å². The van der Waals surface area contributed by atoms with Gasteiger partial charge in [-0.3, -0.25) is 9.78 Å². The van der Waals surface area contributed by atoms with Gasteiger partial charge in [0.2, 0.25) is 0 Å². The fraction of sp³-hybridized carbons (Fsp3) is 0.143. The van der Waals surface area contributed by atoms with Crippen LogP contribution in [0.25, 0.3) is 10.9 Å². The zero-order valence-corrected chi connectivity index (χ0v) is 13.9. The van der Waals surface area contributed by atoms with Gasteiger partial charge in [-0.2, -0.15) is 0 Å². The number of hydrogen-bond acceptors (Lipinski definition) is 3. The number of nitrogens with zero attached hydrogens (tertiary/aromatic N) is 1. The Kier molecular flexibility index (Phi) is 4.43. The first-order chi connectivity index (χ1) is 11.6. The lowest BCUT2D eigenvalue weighted by Crippen LogP contribution is -2.27. The Hall–Kier alpha value is -2.94. The molecule has 2 aromatic carbocycles. The number of anilines is 1. The van der Waals surface area contributed by atoms with E-state index in [4.69, 9.17) is 0 Å². The van der Waals surface area contributed by atoms with Crippen molar-refractivity contribution in [2.24, 2.45) is 0 Å². The number of aromatic nitrogens is 1. The Morgan fingerprint density at radius 2 is 1.75 bits per heavy atom. The van der Waals surface area contributed by atoms with Crippen LogP contribution in [0.1, 0.15) is 19.4 Å². The van der Waals surface area contributed by atoms with Gasteiger partial charge in [0.1, 0.15) is 0 Å². The molecule has 0 radical (unpaired) electrons. The largest absolute Gasteiger partial charge is 0.360 e. The summed E-state index contributed by atoms with van der Waals surface area (Å²) in [5.41, 5.74) is 2.22. The van der Waals surface area contributed by atoms with E-state index >= 15 is 0 Å². The Bertz CT molecular complexity index is 877. The van der Waals surface area contributed by atoms with Gasteiger partial charge in [0, 0.05) is 17.8 Å². The minimum absolute atomic E-state index is 0.0504. The number of hydrogen-bond donors (Lipinski definition) is 1. The van der Waals surface area contributed by atoms with Crippen LogP contribution in [-0.4, -0.2) is 10.8 Å². The second-order valence-electron chi connectivity index (χ2n) is 6.21. The van der Waals surface area contributed by atoms with Crippen LogP contribution >= 0.6 is 0 Å². The van der Waals surface area contributed by atoms with Crippen LogP contribution in [-0.2, 0) is 10.2 Å². The SMILES string of the molecule is CC(C)(C(=O)C=CNc1cccc2cccnc12)c1ccccc1. The lowest BCUT2D eigenvalue weighted by Gasteiger charge is -2.21. The maximum atomic E-state index is 12.6. The van der Waals surface area contributed by atoms with Crippen LogP contribution in [0.5, 0.6) is 0 Å². The predicted molar refractivity (Wildman–Crippen MR) is 99.0 cm³/mol. The third kappa shape index (κ3) is 3.20. The van der Waals surface area contributed by atoms with E-state index in [1.807, 2.05) is 74.5 Å². The fourth-order valence-electron chi connectivity index (χ4n) is 2.63. The number of pyridine rings is 1. The van der Waals surface area contributed by atoms with Gasteiger partial charge in [-0.25, -0.2) is 0 Å². The molecule has 0 aliphatic carbocycles. The van der Waals surface area contributed by atoms with E-state index in [9.17, 15) is 4.79 Å². The van der Waals surface area contributed by atoms with E-state index in [-0.39, 0.29) is 5.78 Å². The standard InChI is InChI=1S/C21H20N2O/c1-21(2,17-10-4-3-5-11-17)19(24)13-15-22-18-12-6-8-16-9-7-14-23-20(16)18/h3-15,22H,1-2H3. The van der Waals surface area contributed by atoms with Crippen molar-refractivity contribution >= 4 is 22.4 Å². The fourth-order valence-corrected chi connectivity index (χ4v) is 2.63. The van der Waals surface area contributed by atoms with Crippen molar-refractivity contribution in [3.8, 4) is 0 Å². The zero-order chi connectivity index (χ0) is 17.0. The summed E-state index contributed by atoms with van der Waals surface area (Å²) in [6, 6.07) is 19.7. The van der Waals surface area contributed by atoms with Crippen LogP contribution in [0.3, 0.4) is 0 Å². The third-order valence-electron chi connectivity index (χ3n) is 4.22. The van der Waals surface area contributed by atoms with Crippen molar-refractivity contribution in [1.82, 2.24) is 4.98 Å². The van der Waals surface area contributed by atoms with Gasteiger partial charge >= 0.3 is 0 Å². The number of benzene rings is 2. The van der Waals surface area contributed by atoms with E-state index in [1.165, 1.54) is 0 Å². The molecule has 3 aromatic rings. The number of carbonyl (C=O) groups is 1. The topological polar surface area (TPSA) is 42.0 Å². The molecule has 0 bridgehead atoms. The summed E-state index contributed by atoms with van der Waals surface area (Å²) in [5, 5.41) is 4.24. The van der Waals surface area contributed by atoms with Crippen LogP contribution in [0, 0.1) is 0 Å². The van der Waals surface area contributed by atoms with Gasteiger partial charge in [0.15, 0.2) is 5.78 Å². The molecule has 0 amide bonds. The quantitative estimate of drug-likeness (QED) is 0.693. The molecule has 0 atom stereocenters. The lowest BCUT2D eigenvalue weighted by molar-refractivity contribution is -0.118. The Morgan fingerprint density at radius 3 is 2.54 bits per heavy atom. The second kappa shape index (κ2) is 6.67. The van der Waals surface area contributed by atoms with Gasteiger partial charge in [0.25, 0.3) is 0 Å². The predicted octanol–water partition coefficient (Wildman–Crippen LogP) is 4.71. The molecule has 0 spiro atoms. The molecule has 0 unspecified atom stereocenters. The Morgan fingerprint density at radius 1 is 1.00 bits per heavy atom. The summed E-state index contributed by atoms with van der Waals surface area (Å²) in [6.45, 7) is 3.88. The number of allylic oxidation sites excluding steroid dienone is 1. The monoisotopic (exact) mass is 316 g/mol. The van der Waals surface area contributed by atoms with Crippen molar-refractivity contribution in [3.63, 3.8) is 0 Å². The van der Waals surface area contributed by atoms with Crippen LogP contribution in [0.2, 0.25) is 0 Å². The molecule has 1 heterocycles. The molecule has 3 rings (SSSR count). The highest BCUT2D eigenvalue weighted by molar-refractivity contribution is 5.99. The van der Waals surface area contributed by atoms with E-state index in [0.717, 1.165) is 22.2 Å². The first-order valence-electron chi connectivity index (χ1n) is 7.96. The van der Waals surface area contributed by atoms with E-state index < -0.39 is 5.41 Å². The molecule has 24 heavy (non-hydrogen) atoms.